The molecule has 1 aliphatic carbocycles. The van der Waals surface area contributed by atoms with Gasteiger partial charge in [0.05, 0.1) is 20.1 Å². The van der Waals surface area contributed by atoms with Crippen molar-refractivity contribution in [3.8, 4) is 11.5 Å². The molecule has 6 nitrogen and oxygen atoms in total. The monoisotopic (exact) mass is 354 g/mol. The van der Waals surface area contributed by atoms with Crippen LogP contribution < -0.4 is 20.1 Å². The van der Waals surface area contributed by atoms with Crippen molar-refractivity contribution in [3.05, 3.63) is 48.5 Å². The molecule has 2 aromatic carbocycles. The Morgan fingerprint density at radius 2 is 1.58 bits per heavy atom. The Morgan fingerprint density at radius 3 is 2.19 bits per heavy atom. The first kappa shape index (κ1) is 17.8. The highest BCUT2D eigenvalue weighted by Crippen LogP contribution is 2.30. The van der Waals surface area contributed by atoms with Gasteiger partial charge in [0, 0.05) is 17.3 Å². The molecule has 1 fully saturated rings. The number of rotatable bonds is 8. The van der Waals surface area contributed by atoms with E-state index < -0.39 is 0 Å². The minimum Gasteiger partial charge on any atom is -0.493 e. The minimum absolute atomic E-state index is 0.0651. The van der Waals surface area contributed by atoms with E-state index in [1.807, 2.05) is 12.1 Å². The Kier molecular flexibility index (Phi) is 5.73. The molecule has 0 heterocycles. The maximum absolute atomic E-state index is 12.0. The van der Waals surface area contributed by atoms with Crippen molar-refractivity contribution < 1.29 is 19.1 Å². The second-order valence-corrected chi connectivity index (χ2v) is 6.14. The van der Waals surface area contributed by atoms with E-state index in [1.165, 1.54) is 0 Å². The molecule has 0 atom stereocenters. The molecule has 0 spiro atoms. The fourth-order valence-electron chi connectivity index (χ4n) is 2.44. The number of para-hydroxylation sites is 2. The maximum atomic E-state index is 12.0. The van der Waals surface area contributed by atoms with Crippen molar-refractivity contribution >= 4 is 23.2 Å². The first-order valence-electron chi connectivity index (χ1n) is 8.62. The largest absolute Gasteiger partial charge is 0.493 e. The molecule has 3 rings (SSSR count). The molecule has 26 heavy (non-hydrogen) atoms. The SMILES string of the molecule is COc1ccccc1OCCC(=O)Nc1ccc(NC(=O)C2CC2)cc1. The van der Waals surface area contributed by atoms with E-state index in [-0.39, 0.29) is 30.8 Å². The van der Waals surface area contributed by atoms with Crippen LogP contribution in [0.2, 0.25) is 0 Å². The lowest BCUT2D eigenvalue weighted by atomic mass is 10.2. The minimum atomic E-state index is -0.144. The number of methoxy groups -OCH3 is 1. The average molecular weight is 354 g/mol. The molecule has 0 saturated heterocycles. The van der Waals surface area contributed by atoms with Gasteiger partial charge in [0.2, 0.25) is 11.8 Å². The van der Waals surface area contributed by atoms with Crippen molar-refractivity contribution in [2.75, 3.05) is 24.4 Å². The highest BCUT2D eigenvalue weighted by atomic mass is 16.5. The summed E-state index contributed by atoms with van der Waals surface area (Å²) in [7, 11) is 1.58. The number of ether oxygens (including phenoxy) is 2. The Balaban J connectivity index is 1.43. The maximum Gasteiger partial charge on any atom is 0.227 e. The average Bonchev–Trinajstić information content (AvgIpc) is 3.49. The number of hydrogen-bond donors (Lipinski definition) is 2. The Morgan fingerprint density at radius 1 is 0.962 bits per heavy atom. The van der Waals surface area contributed by atoms with Crippen LogP contribution in [0.15, 0.2) is 48.5 Å². The molecule has 1 aliphatic rings. The first-order chi connectivity index (χ1) is 12.7. The van der Waals surface area contributed by atoms with Gasteiger partial charge in [0.15, 0.2) is 11.5 Å². The molecule has 0 aromatic heterocycles. The molecule has 0 bridgehead atoms. The third-order valence-corrected chi connectivity index (χ3v) is 4.04. The van der Waals surface area contributed by atoms with Crippen LogP contribution in [0, 0.1) is 5.92 Å². The molecule has 0 radical (unpaired) electrons. The van der Waals surface area contributed by atoms with E-state index in [1.54, 1.807) is 43.5 Å². The molecule has 0 aliphatic heterocycles. The summed E-state index contributed by atoms with van der Waals surface area (Å²) in [5.74, 6) is 1.33. The topological polar surface area (TPSA) is 76.7 Å². The highest BCUT2D eigenvalue weighted by Gasteiger charge is 2.29. The van der Waals surface area contributed by atoms with Crippen molar-refractivity contribution in [1.82, 2.24) is 0 Å². The van der Waals surface area contributed by atoms with Crippen LogP contribution >= 0.6 is 0 Å². The van der Waals surface area contributed by atoms with Gasteiger partial charge in [-0.05, 0) is 49.2 Å². The number of nitrogens with one attached hydrogen (secondary N) is 2. The number of anilines is 2. The summed E-state index contributed by atoms with van der Waals surface area (Å²) in [5, 5.41) is 5.67. The van der Waals surface area contributed by atoms with Gasteiger partial charge in [0.25, 0.3) is 0 Å². The zero-order chi connectivity index (χ0) is 18.4. The van der Waals surface area contributed by atoms with Crippen molar-refractivity contribution in [2.24, 2.45) is 5.92 Å². The van der Waals surface area contributed by atoms with Gasteiger partial charge >= 0.3 is 0 Å². The lowest BCUT2D eigenvalue weighted by Gasteiger charge is -2.10. The summed E-state index contributed by atoms with van der Waals surface area (Å²) in [6.45, 7) is 0.252. The highest BCUT2D eigenvalue weighted by molar-refractivity contribution is 5.95. The number of carbonyl (C=O) groups is 2. The third kappa shape index (κ3) is 4.99. The van der Waals surface area contributed by atoms with E-state index in [9.17, 15) is 9.59 Å². The fraction of sp³-hybridized carbons (Fsp3) is 0.300. The van der Waals surface area contributed by atoms with Crippen LogP contribution in [0.5, 0.6) is 11.5 Å². The van der Waals surface area contributed by atoms with Gasteiger partial charge in [-0.3, -0.25) is 9.59 Å². The molecule has 1 saturated carbocycles. The molecular weight excluding hydrogens is 332 g/mol. The molecule has 6 heteroatoms. The zero-order valence-electron chi connectivity index (χ0n) is 14.7. The van der Waals surface area contributed by atoms with Crippen molar-refractivity contribution in [1.29, 1.82) is 0 Å². The predicted molar refractivity (Wildman–Crippen MR) is 99.5 cm³/mol. The van der Waals surface area contributed by atoms with Gasteiger partial charge in [-0.1, -0.05) is 12.1 Å². The van der Waals surface area contributed by atoms with Crippen LogP contribution in [-0.4, -0.2) is 25.5 Å². The standard InChI is InChI=1S/C20H22N2O4/c1-25-17-4-2-3-5-18(17)26-13-12-19(23)21-15-8-10-16(11-9-15)22-20(24)14-6-7-14/h2-5,8-11,14H,6-7,12-13H2,1H3,(H,21,23)(H,22,24). The quantitative estimate of drug-likeness (QED) is 0.761. The molecular formula is C20H22N2O4. The van der Waals surface area contributed by atoms with Crippen LogP contribution in [0.3, 0.4) is 0 Å². The van der Waals surface area contributed by atoms with E-state index in [2.05, 4.69) is 10.6 Å². The van der Waals surface area contributed by atoms with Crippen LogP contribution in [0.4, 0.5) is 11.4 Å². The second-order valence-electron chi connectivity index (χ2n) is 6.14. The summed E-state index contributed by atoms with van der Waals surface area (Å²) in [5.41, 5.74) is 1.41. The lowest BCUT2D eigenvalue weighted by Crippen LogP contribution is -2.16. The van der Waals surface area contributed by atoms with Gasteiger partial charge in [-0.15, -0.1) is 0 Å². The summed E-state index contributed by atoms with van der Waals surface area (Å²) in [6, 6.07) is 14.4. The summed E-state index contributed by atoms with van der Waals surface area (Å²) < 4.78 is 10.8. The third-order valence-electron chi connectivity index (χ3n) is 4.04. The van der Waals surface area contributed by atoms with Gasteiger partial charge in [0.1, 0.15) is 0 Å². The number of hydrogen-bond acceptors (Lipinski definition) is 4. The number of amides is 2. The van der Waals surface area contributed by atoms with Crippen LogP contribution in [0.25, 0.3) is 0 Å². The molecule has 2 amide bonds. The Labute approximate surface area is 152 Å². The second kappa shape index (κ2) is 8.38. The normalized spacial score (nSPS) is 13.0. The fourth-order valence-corrected chi connectivity index (χ4v) is 2.44. The number of carbonyl (C=O) groups excluding carboxylic acids is 2. The lowest BCUT2D eigenvalue weighted by molar-refractivity contribution is -0.117. The van der Waals surface area contributed by atoms with E-state index >= 15 is 0 Å². The Hall–Kier alpha value is -3.02. The summed E-state index contributed by atoms with van der Waals surface area (Å²) in [4.78, 5) is 23.7. The molecule has 0 unspecified atom stereocenters. The van der Waals surface area contributed by atoms with Crippen LogP contribution in [-0.2, 0) is 9.59 Å². The van der Waals surface area contributed by atoms with Gasteiger partial charge in [-0.25, -0.2) is 0 Å². The zero-order valence-corrected chi connectivity index (χ0v) is 14.7. The van der Waals surface area contributed by atoms with Crippen LogP contribution in [0.1, 0.15) is 19.3 Å². The van der Waals surface area contributed by atoms with E-state index in [0.29, 0.717) is 17.2 Å². The Bertz CT molecular complexity index is 770. The van der Waals surface area contributed by atoms with Crippen molar-refractivity contribution in [2.45, 2.75) is 19.3 Å². The summed E-state index contributed by atoms with van der Waals surface area (Å²) >= 11 is 0. The smallest absolute Gasteiger partial charge is 0.227 e. The molecule has 2 aromatic rings. The van der Waals surface area contributed by atoms with Crippen molar-refractivity contribution in [3.63, 3.8) is 0 Å². The van der Waals surface area contributed by atoms with Gasteiger partial charge < -0.3 is 20.1 Å². The summed E-state index contributed by atoms with van der Waals surface area (Å²) in [6.07, 6.45) is 2.16. The van der Waals surface area contributed by atoms with E-state index in [0.717, 1.165) is 18.5 Å². The predicted octanol–water partition coefficient (Wildman–Crippen LogP) is 3.45. The molecule has 136 valence electrons. The molecule has 2 N–H and O–H groups in total. The van der Waals surface area contributed by atoms with Gasteiger partial charge in [-0.2, -0.15) is 0 Å². The number of benzene rings is 2. The first-order valence-corrected chi connectivity index (χ1v) is 8.62. The van der Waals surface area contributed by atoms with E-state index in [4.69, 9.17) is 9.47 Å².